The molecule has 1 N–H and O–H groups in total. The molecule has 1 fully saturated rings. The first kappa shape index (κ1) is 14.1. The molecule has 0 spiro atoms. The fourth-order valence-electron chi connectivity index (χ4n) is 2.31. The molecule has 3 rings (SSSR count). The third-order valence-electron chi connectivity index (χ3n) is 3.46. The fourth-order valence-corrected chi connectivity index (χ4v) is 2.31. The highest BCUT2D eigenvalue weighted by molar-refractivity contribution is 5.39. The summed E-state index contributed by atoms with van der Waals surface area (Å²) in [6.45, 7) is 5.91. The number of rotatable bonds is 4. The van der Waals surface area contributed by atoms with E-state index < -0.39 is 5.79 Å². The molecule has 1 aliphatic heterocycles. The van der Waals surface area contributed by atoms with E-state index in [9.17, 15) is 0 Å². The molecule has 0 atom stereocenters. The van der Waals surface area contributed by atoms with Crippen LogP contribution in [-0.4, -0.2) is 34.8 Å². The highest BCUT2D eigenvalue weighted by Gasteiger charge is 2.28. The maximum absolute atomic E-state index is 5.64. The Kier molecular flexibility index (Phi) is 3.94. The summed E-state index contributed by atoms with van der Waals surface area (Å²) in [5.74, 6) is -0.477. The summed E-state index contributed by atoms with van der Waals surface area (Å²) in [6, 6.07) is 10.4. The lowest BCUT2D eigenvalue weighted by molar-refractivity contribution is -0.247. The summed E-state index contributed by atoms with van der Waals surface area (Å²) < 4.78 is 13.2. The molecule has 1 aromatic carbocycles. The van der Waals surface area contributed by atoms with Gasteiger partial charge in [-0.1, -0.05) is 30.3 Å². The van der Waals surface area contributed by atoms with Crippen LogP contribution >= 0.6 is 0 Å². The molecule has 0 bridgehead atoms. The number of aromatic nitrogens is 2. The zero-order valence-corrected chi connectivity index (χ0v) is 12.5. The van der Waals surface area contributed by atoms with E-state index in [1.54, 1.807) is 0 Å². The normalized spacial score (nSPS) is 18.6. The average Bonchev–Trinajstić information content (AvgIpc) is 2.90. The minimum Gasteiger partial charge on any atom is -0.375 e. The van der Waals surface area contributed by atoms with Gasteiger partial charge in [-0.15, -0.1) is 0 Å². The maximum Gasteiger partial charge on any atom is 0.162 e. The van der Waals surface area contributed by atoms with Crippen molar-refractivity contribution < 1.29 is 9.47 Å². The molecule has 5 nitrogen and oxygen atoms in total. The van der Waals surface area contributed by atoms with Crippen LogP contribution in [0.3, 0.4) is 0 Å². The highest BCUT2D eigenvalue weighted by Crippen LogP contribution is 2.19. The van der Waals surface area contributed by atoms with Crippen LogP contribution in [0.2, 0.25) is 0 Å². The van der Waals surface area contributed by atoms with Gasteiger partial charge in [-0.05, 0) is 19.4 Å². The Morgan fingerprint density at radius 2 is 1.95 bits per heavy atom. The average molecular weight is 287 g/mol. The van der Waals surface area contributed by atoms with Crippen molar-refractivity contribution in [2.45, 2.75) is 32.2 Å². The predicted octanol–water partition coefficient (Wildman–Crippen LogP) is 2.49. The summed E-state index contributed by atoms with van der Waals surface area (Å²) >= 11 is 0. The second-order valence-corrected chi connectivity index (χ2v) is 5.78. The third kappa shape index (κ3) is 3.83. The standard InChI is InChI=1S/C16H21N3O2/c1-16(2)20-11-15(12-21-16)18-14-8-17-19(10-14)9-13-6-4-3-5-7-13/h3-8,10,15,18H,9,11-12H2,1-2H3. The van der Waals surface area contributed by atoms with Crippen molar-refractivity contribution in [1.29, 1.82) is 0 Å². The molecule has 1 aliphatic rings. The van der Waals surface area contributed by atoms with E-state index in [2.05, 4.69) is 22.5 Å². The van der Waals surface area contributed by atoms with Gasteiger partial charge in [0.25, 0.3) is 0 Å². The molecular weight excluding hydrogens is 266 g/mol. The fraction of sp³-hybridized carbons (Fsp3) is 0.438. The van der Waals surface area contributed by atoms with Crippen LogP contribution < -0.4 is 5.32 Å². The van der Waals surface area contributed by atoms with E-state index in [-0.39, 0.29) is 6.04 Å². The molecule has 0 amide bonds. The van der Waals surface area contributed by atoms with Crippen LogP contribution in [0.5, 0.6) is 0 Å². The predicted molar refractivity (Wildman–Crippen MR) is 81.2 cm³/mol. The van der Waals surface area contributed by atoms with Crippen LogP contribution in [0.1, 0.15) is 19.4 Å². The topological polar surface area (TPSA) is 48.3 Å². The zero-order chi connectivity index (χ0) is 14.7. The molecule has 2 heterocycles. The molecule has 1 saturated heterocycles. The molecule has 0 aliphatic carbocycles. The van der Waals surface area contributed by atoms with Gasteiger partial charge < -0.3 is 14.8 Å². The summed E-state index contributed by atoms with van der Waals surface area (Å²) in [7, 11) is 0. The van der Waals surface area contributed by atoms with Crippen LogP contribution in [0.15, 0.2) is 42.7 Å². The molecule has 1 aromatic heterocycles. The van der Waals surface area contributed by atoms with E-state index in [0.29, 0.717) is 13.2 Å². The summed E-state index contributed by atoms with van der Waals surface area (Å²) in [5.41, 5.74) is 2.22. The second-order valence-electron chi connectivity index (χ2n) is 5.78. The van der Waals surface area contributed by atoms with E-state index in [4.69, 9.17) is 9.47 Å². The van der Waals surface area contributed by atoms with Gasteiger partial charge in [0.15, 0.2) is 5.79 Å². The minimum atomic E-state index is -0.477. The third-order valence-corrected chi connectivity index (χ3v) is 3.46. The first-order chi connectivity index (χ1) is 10.1. The van der Waals surface area contributed by atoms with E-state index >= 15 is 0 Å². The van der Waals surface area contributed by atoms with Crippen molar-refractivity contribution in [2.75, 3.05) is 18.5 Å². The Morgan fingerprint density at radius 3 is 2.67 bits per heavy atom. The van der Waals surface area contributed by atoms with Crippen molar-refractivity contribution in [1.82, 2.24) is 9.78 Å². The number of anilines is 1. The molecule has 0 radical (unpaired) electrons. The smallest absolute Gasteiger partial charge is 0.162 e. The number of ether oxygens (including phenoxy) is 2. The summed E-state index contributed by atoms with van der Waals surface area (Å²) in [5, 5.41) is 7.77. The first-order valence-electron chi connectivity index (χ1n) is 7.21. The Morgan fingerprint density at radius 1 is 1.24 bits per heavy atom. The zero-order valence-electron chi connectivity index (χ0n) is 12.5. The van der Waals surface area contributed by atoms with Gasteiger partial charge >= 0.3 is 0 Å². The minimum absolute atomic E-state index is 0.160. The van der Waals surface area contributed by atoms with Crippen molar-refractivity contribution in [2.24, 2.45) is 0 Å². The SMILES string of the molecule is CC1(C)OCC(Nc2cnn(Cc3ccccc3)c2)CO1. The molecule has 2 aromatic rings. The molecule has 21 heavy (non-hydrogen) atoms. The molecular formula is C16H21N3O2. The Hall–Kier alpha value is -1.85. The Labute approximate surface area is 124 Å². The van der Waals surface area contributed by atoms with Crippen molar-refractivity contribution >= 4 is 5.69 Å². The van der Waals surface area contributed by atoms with E-state index in [1.807, 2.05) is 49.1 Å². The summed E-state index contributed by atoms with van der Waals surface area (Å²) in [6.07, 6.45) is 3.84. The van der Waals surface area contributed by atoms with Gasteiger partial charge in [-0.3, -0.25) is 4.68 Å². The maximum atomic E-state index is 5.64. The first-order valence-corrected chi connectivity index (χ1v) is 7.21. The molecule has 5 heteroatoms. The number of nitrogens with one attached hydrogen (secondary N) is 1. The van der Waals surface area contributed by atoms with Crippen LogP contribution in [0, 0.1) is 0 Å². The van der Waals surface area contributed by atoms with Crippen molar-refractivity contribution in [3.63, 3.8) is 0 Å². The molecule has 0 unspecified atom stereocenters. The Bertz CT molecular complexity index is 570. The monoisotopic (exact) mass is 287 g/mol. The molecule has 0 saturated carbocycles. The highest BCUT2D eigenvalue weighted by atomic mass is 16.7. The van der Waals surface area contributed by atoms with Crippen molar-refractivity contribution in [3.8, 4) is 0 Å². The van der Waals surface area contributed by atoms with Crippen LogP contribution in [0.25, 0.3) is 0 Å². The van der Waals surface area contributed by atoms with Gasteiger partial charge in [0.05, 0.1) is 37.7 Å². The quantitative estimate of drug-likeness (QED) is 0.938. The lowest BCUT2D eigenvalue weighted by Crippen LogP contribution is -2.45. The van der Waals surface area contributed by atoms with E-state index in [0.717, 1.165) is 12.2 Å². The molecule has 112 valence electrons. The largest absolute Gasteiger partial charge is 0.375 e. The summed E-state index contributed by atoms with van der Waals surface area (Å²) in [4.78, 5) is 0. The van der Waals surface area contributed by atoms with E-state index in [1.165, 1.54) is 5.56 Å². The van der Waals surface area contributed by atoms with Crippen LogP contribution in [-0.2, 0) is 16.0 Å². The second kappa shape index (κ2) is 5.87. The number of nitrogens with zero attached hydrogens (tertiary/aromatic N) is 2. The number of hydrogen-bond donors (Lipinski definition) is 1. The number of benzene rings is 1. The van der Waals surface area contributed by atoms with Gasteiger partial charge in [0, 0.05) is 6.20 Å². The van der Waals surface area contributed by atoms with Gasteiger partial charge in [-0.2, -0.15) is 5.10 Å². The lowest BCUT2D eigenvalue weighted by Gasteiger charge is -2.35. The number of hydrogen-bond acceptors (Lipinski definition) is 4. The lowest BCUT2D eigenvalue weighted by atomic mass is 10.2. The Balaban J connectivity index is 1.56. The van der Waals surface area contributed by atoms with Crippen LogP contribution in [0.4, 0.5) is 5.69 Å². The van der Waals surface area contributed by atoms with Gasteiger partial charge in [0.2, 0.25) is 0 Å². The van der Waals surface area contributed by atoms with Gasteiger partial charge in [0.1, 0.15) is 0 Å². The van der Waals surface area contributed by atoms with Crippen molar-refractivity contribution in [3.05, 3.63) is 48.3 Å². The van der Waals surface area contributed by atoms with Gasteiger partial charge in [-0.25, -0.2) is 0 Å².